The van der Waals surface area contributed by atoms with Gasteiger partial charge in [-0.3, -0.25) is 4.98 Å². The average Bonchev–Trinajstić information content (AvgIpc) is 2.43. The predicted octanol–water partition coefficient (Wildman–Crippen LogP) is 1.44. The van der Waals surface area contributed by atoms with E-state index in [-0.39, 0.29) is 12.1 Å². The average molecular weight is 294 g/mol. The lowest BCUT2D eigenvalue weighted by Crippen LogP contribution is -2.47. The molecule has 0 fully saturated rings. The highest BCUT2D eigenvalue weighted by atomic mass is 16.5. The summed E-state index contributed by atoms with van der Waals surface area (Å²) < 4.78 is 5.59. The lowest BCUT2D eigenvalue weighted by Gasteiger charge is -2.27. The summed E-state index contributed by atoms with van der Waals surface area (Å²) in [6.07, 6.45) is 3.36. The third-order valence-electron chi connectivity index (χ3n) is 2.95. The second-order valence-corrected chi connectivity index (χ2v) is 5.36. The van der Waals surface area contributed by atoms with Crippen molar-refractivity contribution in [2.24, 2.45) is 0 Å². The summed E-state index contributed by atoms with van der Waals surface area (Å²) in [5.74, 6) is 0.717. The van der Waals surface area contributed by atoms with Crippen molar-refractivity contribution in [3.05, 3.63) is 24.5 Å². The third kappa shape index (κ3) is 6.94. The number of likely N-dealkylation sites (N-methyl/N-ethyl adjacent to an activating group) is 1. The second kappa shape index (κ2) is 9.18. The number of pyridine rings is 1. The van der Waals surface area contributed by atoms with Crippen LogP contribution >= 0.6 is 0 Å². The molecule has 1 N–H and O–H groups in total. The van der Waals surface area contributed by atoms with Crippen LogP contribution in [-0.2, 0) is 0 Å². The van der Waals surface area contributed by atoms with E-state index in [0.717, 1.165) is 6.54 Å². The van der Waals surface area contributed by atoms with Crippen LogP contribution in [0.5, 0.6) is 5.75 Å². The molecule has 0 unspecified atom stereocenters. The minimum Gasteiger partial charge on any atom is -0.490 e. The molecule has 0 bridgehead atoms. The van der Waals surface area contributed by atoms with Crippen LogP contribution in [0.3, 0.4) is 0 Å². The Hall–Kier alpha value is -1.82. The molecular formula is C15H26N4O2. The molecule has 0 radical (unpaired) electrons. The topological polar surface area (TPSA) is 57.7 Å². The summed E-state index contributed by atoms with van der Waals surface area (Å²) in [5, 5.41) is 2.92. The van der Waals surface area contributed by atoms with Crippen LogP contribution in [0.15, 0.2) is 24.5 Å². The molecule has 2 amide bonds. The fraction of sp³-hybridized carbons (Fsp3) is 0.600. The SMILES string of the molecule is CC(C)N(CCOc1cccnc1)C(=O)NCCN(C)C. The van der Waals surface area contributed by atoms with Gasteiger partial charge in [-0.15, -0.1) is 0 Å². The Bertz CT molecular complexity index is 409. The fourth-order valence-corrected chi connectivity index (χ4v) is 1.78. The number of urea groups is 1. The Labute approximate surface area is 127 Å². The van der Waals surface area contributed by atoms with E-state index in [9.17, 15) is 4.79 Å². The number of hydrogen-bond donors (Lipinski definition) is 1. The van der Waals surface area contributed by atoms with Gasteiger partial charge in [-0.25, -0.2) is 4.79 Å². The summed E-state index contributed by atoms with van der Waals surface area (Å²) in [6, 6.07) is 3.75. The van der Waals surface area contributed by atoms with Crippen LogP contribution in [-0.4, -0.2) is 67.2 Å². The largest absolute Gasteiger partial charge is 0.490 e. The molecule has 0 aliphatic rings. The molecule has 1 aromatic rings. The van der Waals surface area contributed by atoms with E-state index in [1.807, 2.05) is 45.0 Å². The molecule has 0 saturated carbocycles. The monoisotopic (exact) mass is 294 g/mol. The van der Waals surface area contributed by atoms with E-state index < -0.39 is 0 Å². The van der Waals surface area contributed by atoms with E-state index in [1.54, 1.807) is 17.3 Å². The Balaban J connectivity index is 2.37. The van der Waals surface area contributed by atoms with Gasteiger partial charge in [0.1, 0.15) is 12.4 Å². The maximum Gasteiger partial charge on any atom is 0.317 e. The Morgan fingerprint density at radius 3 is 2.71 bits per heavy atom. The molecule has 118 valence electrons. The highest BCUT2D eigenvalue weighted by Crippen LogP contribution is 2.06. The number of carbonyl (C=O) groups excluding carboxylic acids is 1. The third-order valence-corrected chi connectivity index (χ3v) is 2.95. The smallest absolute Gasteiger partial charge is 0.317 e. The van der Waals surface area contributed by atoms with Gasteiger partial charge < -0.3 is 19.9 Å². The van der Waals surface area contributed by atoms with E-state index in [2.05, 4.69) is 10.3 Å². The predicted molar refractivity (Wildman–Crippen MR) is 83.5 cm³/mol. The maximum atomic E-state index is 12.1. The van der Waals surface area contributed by atoms with Crippen molar-refractivity contribution in [1.82, 2.24) is 20.1 Å². The van der Waals surface area contributed by atoms with Crippen LogP contribution in [0.1, 0.15) is 13.8 Å². The normalized spacial score (nSPS) is 10.8. The van der Waals surface area contributed by atoms with E-state index in [4.69, 9.17) is 4.74 Å². The number of carbonyl (C=O) groups is 1. The number of rotatable bonds is 8. The van der Waals surface area contributed by atoms with Gasteiger partial charge in [0.2, 0.25) is 0 Å². The molecule has 1 heterocycles. The van der Waals surface area contributed by atoms with Gasteiger partial charge in [0.05, 0.1) is 12.7 Å². The molecule has 0 aliphatic heterocycles. The number of amides is 2. The zero-order chi connectivity index (χ0) is 15.7. The van der Waals surface area contributed by atoms with Crippen LogP contribution in [0, 0.1) is 0 Å². The van der Waals surface area contributed by atoms with Crippen molar-refractivity contribution in [2.75, 3.05) is 40.3 Å². The van der Waals surface area contributed by atoms with Gasteiger partial charge >= 0.3 is 6.03 Å². The molecular weight excluding hydrogens is 268 g/mol. The van der Waals surface area contributed by atoms with Crippen molar-refractivity contribution >= 4 is 6.03 Å². The van der Waals surface area contributed by atoms with Crippen LogP contribution in [0.25, 0.3) is 0 Å². The lowest BCUT2D eigenvalue weighted by molar-refractivity contribution is 0.165. The van der Waals surface area contributed by atoms with E-state index in [0.29, 0.717) is 25.4 Å². The van der Waals surface area contributed by atoms with Gasteiger partial charge in [-0.1, -0.05) is 0 Å². The highest BCUT2D eigenvalue weighted by molar-refractivity contribution is 5.74. The minimum atomic E-state index is -0.0540. The number of hydrogen-bond acceptors (Lipinski definition) is 4. The highest BCUT2D eigenvalue weighted by Gasteiger charge is 2.16. The fourth-order valence-electron chi connectivity index (χ4n) is 1.78. The Kier molecular flexibility index (Phi) is 7.53. The van der Waals surface area contributed by atoms with Gasteiger partial charge in [0, 0.05) is 25.3 Å². The Morgan fingerprint density at radius 1 is 1.38 bits per heavy atom. The minimum absolute atomic E-state index is 0.0540. The molecule has 1 aromatic heterocycles. The first kappa shape index (κ1) is 17.2. The molecule has 0 aromatic carbocycles. The van der Waals surface area contributed by atoms with Gasteiger partial charge in [-0.2, -0.15) is 0 Å². The summed E-state index contributed by atoms with van der Waals surface area (Å²) in [6.45, 7) is 6.44. The lowest BCUT2D eigenvalue weighted by atomic mass is 10.3. The summed E-state index contributed by atoms with van der Waals surface area (Å²) in [7, 11) is 3.96. The number of nitrogens with zero attached hydrogens (tertiary/aromatic N) is 3. The standard InChI is InChI=1S/C15H26N4O2/c1-13(2)19(15(20)17-8-9-18(3)4)10-11-21-14-6-5-7-16-12-14/h5-7,12-13H,8-11H2,1-4H3,(H,17,20). The molecule has 0 atom stereocenters. The molecule has 21 heavy (non-hydrogen) atoms. The quantitative estimate of drug-likeness (QED) is 0.788. The van der Waals surface area contributed by atoms with Crippen LogP contribution in [0.4, 0.5) is 4.79 Å². The number of aromatic nitrogens is 1. The maximum absolute atomic E-state index is 12.1. The van der Waals surface area contributed by atoms with E-state index >= 15 is 0 Å². The van der Waals surface area contributed by atoms with Crippen molar-refractivity contribution in [3.8, 4) is 5.75 Å². The first-order chi connectivity index (χ1) is 10.0. The van der Waals surface area contributed by atoms with Crippen LogP contribution in [0.2, 0.25) is 0 Å². The molecule has 1 rings (SSSR count). The van der Waals surface area contributed by atoms with Crippen molar-refractivity contribution in [2.45, 2.75) is 19.9 Å². The second-order valence-electron chi connectivity index (χ2n) is 5.36. The van der Waals surface area contributed by atoms with E-state index in [1.165, 1.54) is 0 Å². The summed E-state index contributed by atoms with van der Waals surface area (Å²) >= 11 is 0. The first-order valence-electron chi connectivity index (χ1n) is 7.22. The molecule has 0 aliphatic carbocycles. The zero-order valence-corrected chi connectivity index (χ0v) is 13.4. The summed E-state index contributed by atoms with van der Waals surface area (Å²) in [5.41, 5.74) is 0. The van der Waals surface area contributed by atoms with Gasteiger partial charge in [0.15, 0.2) is 0 Å². The molecule has 6 nitrogen and oxygen atoms in total. The Morgan fingerprint density at radius 2 is 2.14 bits per heavy atom. The van der Waals surface area contributed by atoms with Gasteiger partial charge in [-0.05, 0) is 40.1 Å². The first-order valence-corrected chi connectivity index (χ1v) is 7.22. The molecule has 0 saturated heterocycles. The van der Waals surface area contributed by atoms with Crippen molar-refractivity contribution in [1.29, 1.82) is 0 Å². The molecule has 6 heteroatoms. The summed E-state index contributed by atoms with van der Waals surface area (Å²) in [4.78, 5) is 19.9. The number of nitrogens with one attached hydrogen (secondary N) is 1. The zero-order valence-electron chi connectivity index (χ0n) is 13.4. The van der Waals surface area contributed by atoms with Crippen molar-refractivity contribution in [3.63, 3.8) is 0 Å². The number of ether oxygens (including phenoxy) is 1. The van der Waals surface area contributed by atoms with Gasteiger partial charge in [0.25, 0.3) is 0 Å². The van der Waals surface area contributed by atoms with Crippen molar-refractivity contribution < 1.29 is 9.53 Å². The molecule has 0 spiro atoms. The van der Waals surface area contributed by atoms with Crippen LogP contribution < -0.4 is 10.1 Å².